The maximum Gasteiger partial charge on any atom is 0.303 e. The fourth-order valence-electron chi connectivity index (χ4n) is 3.18. The molecule has 0 bridgehead atoms. The second-order valence-electron chi connectivity index (χ2n) is 5.87. The molecule has 25 heavy (non-hydrogen) atoms. The molecule has 3 aromatic rings. The lowest BCUT2D eigenvalue weighted by Gasteiger charge is -2.25. The van der Waals surface area contributed by atoms with Crippen molar-refractivity contribution in [1.82, 2.24) is 4.57 Å². The number of fused-ring (bicyclic) bond motifs is 3. The Kier molecular flexibility index (Phi) is 4.32. The van der Waals surface area contributed by atoms with E-state index in [-0.39, 0.29) is 11.2 Å². The molecule has 2 aromatic carbocycles. The fraction of sp³-hybridized carbons (Fsp3) is 0.150. The largest absolute Gasteiger partial charge is 0.455 e. The number of carbonyl (C=O) groups is 1. The van der Waals surface area contributed by atoms with Gasteiger partial charge in [0.25, 0.3) is 0 Å². The highest BCUT2D eigenvalue weighted by Gasteiger charge is 2.35. The number of halogens is 1. The van der Waals surface area contributed by atoms with E-state index in [0.717, 1.165) is 21.8 Å². The van der Waals surface area contributed by atoms with Crippen molar-refractivity contribution in [3.63, 3.8) is 0 Å². The number of esters is 1. The number of rotatable bonds is 2. The van der Waals surface area contributed by atoms with Gasteiger partial charge in [-0.2, -0.15) is 0 Å². The van der Waals surface area contributed by atoms with Crippen molar-refractivity contribution in [2.24, 2.45) is 0 Å². The summed E-state index contributed by atoms with van der Waals surface area (Å²) < 4.78 is 7.83. The molecular formula is C20H16ClNO2S. The molecule has 2 atom stereocenters. The Hall–Kier alpha value is -2.17. The maximum absolute atomic E-state index is 11.8. The van der Waals surface area contributed by atoms with Crippen molar-refractivity contribution < 1.29 is 9.53 Å². The highest BCUT2D eigenvalue weighted by Crippen LogP contribution is 2.52. The van der Waals surface area contributed by atoms with E-state index in [4.69, 9.17) is 16.3 Å². The molecule has 0 unspecified atom stereocenters. The van der Waals surface area contributed by atoms with Crippen LogP contribution in [0.2, 0.25) is 5.02 Å². The molecule has 1 aliphatic rings. The van der Waals surface area contributed by atoms with E-state index < -0.39 is 6.10 Å². The Labute approximate surface area is 155 Å². The first kappa shape index (κ1) is 16.3. The zero-order valence-electron chi connectivity index (χ0n) is 13.6. The van der Waals surface area contributed by atoms with E-state index in [9.17, 15) is 4.79 Å². The molecule has 2 heterocycles. The minimum Gasteiger partial charge on any atom is -0.455 e. The summed E-state index contributed by atoms with van der Waals surface area (Å²) in [6, 6.07) is 19.9. The summed E-state index contributed by atoms with van der Waals surface area (Å²) in [6.07, 6.45) is 1.58. The minimum atomic E-state index is -0.400. The number of thioether (sulfide) groups is 1. The molecule has 0 spiro atoms. The molecule has 1 aromatic heterocycles. The lowest BCUT2D eigenvalue weighted by atomic mass is 10.0. The van der Waals surface area contributed by atoms with Crippen LogP contribution >= 0.6 is 23.4 Å². The topological polar surface area (TPSA) is 31.2 Å². The summed E-state index contributed by atoms with van der Waals surface area (Å²) in [6.45, 7) is 1.45. The Balaban J connectivity index is 1.94. The van der Waals surface area contributed by atoms with Crippen LogP contribution in [-0.4, -0.2) is 10.5 Å². The molecule has 4 rings (SSSR count). The summed E-state index contributed by atoms with van der Waals surface area (Å²) in [5.74, 6) is -0.295. The van der Waals surface area contributed by atoms with Gasteiger partial charge in [-0.15, -0.1) is 11.8 Å². The zero-order chi connectivity index (χ0) is 17.4. The Morgan fingerprint density at radius 3 is 2.64 bits per heavy atom. The van der Waals surface area contributed by atoms with Crippen LogP contribution in [0.15, 0.2) is 71.8 Å². The van der Waals surface area contributed by atoms with Gasteiger partial charge in [-0.05, 0) is 29.8 Å². The van der Waals surface area contributed by atoms with E-state index in [0.29, 0.717) is 5.02 Å². The normalized spacial score (nSPS) is 18.8. The Bertz CT molecular complexity index is 922. The SMILES string of the molecule is CC(=O)O[C@H]1c2cccn2-c2cccc(Cl)c2S[C@@H]1c1ccccc1. The van der Waals surface area contributed by atoms with Crippen molar-refractivity contribution in [3.8, 4) is 5.69 Å². The molecule has 0 amide bonds. The van der Waals surface area contributed by atoms with Gasteiger partial charge < -0.3 is 9.30 Å². The predicted molar refractivity (Wildman–Crippen MR) is 100 cm³/mol. The lowest BCUT2D eigenvalue weighted by molar-refractivity contribution is -0.147. The Morgan fingerprint density at radius 2 is 1.88 bits per heavy atom. The van der Waals surface area contributed by atoms with Crippen LogP contribution in [-0.2, 0) is 9.53 Å². The summed E-state index contributed by atoms with van der Waals surface area (Å²) in [4.78, 5) is 12.8. The number of hydrogen-bond acceptors (Lipinski definition) is 3. The number of hydrogen-bond donors (Lipinski definition) is 0. The van der Waals surface area contributed by atoms with Gasteiger partial charge >= 0.3 is 5.97 Å². The number of ether oxygens (including phenoxy) is 1. The first-order valence-corrected chi connectivity index (χ1v) is 9.26. The van der Waals surface area contributed by atoms with Gasteiger partial charge in [-0.25, -0.2) is 0 Å². The van der Waals surface area contributed by atoms with E-state index in [1.165, 1.54) is 6.92 Å². The molecule has 3 nitrogen and oxygen atoms in total. The second kappa shape index (κ2) is 6.62. The van der Waals surface area contributed by atoms with Crippen molar-refractivity contribution in [2.75, 3.05) is 0 Å². The monoisotopic (exact) mass is 369 g/mol. The third-order valence-corrected chi connectivity index (χ3v) is 6.08. The maximum atomic E-state index is 11.8. The quantitative estimate of drug-likeness (QED) is 0.552. The average Bonchev–Trinajstić information content (AvgIpc) is 3.04. The molecule has 126 valence electrons. The number of carbonyl (C=O) groups excluding carboxylic acids is 1. The number of nitrogens with zero attached hydrogens (tertiary/aromatic N) is 1. The predicted octanol–water partition coefficient (Wildman–Crippen LogP) is 5.58. The van der Waals surface area contributed by atoms with E-state index in [2.05, 4.69) is 16.7 Å². The third kappa shape index (κ3) is 2.96. The van der Waals surface area contributed by atoms with Crippen LogP contribution in [0, 0.1) is 0 Å². The van der Waals surface area contributed by atoms with Crippen LogP contribution < -0.4 is 0 Å². The van der Waals surface area contributed by atoms with E-state index in [1.54, 1.807) is 11.8 Å². The lowest BCUT2D eigenvalue weighted by Crippen LogP contribution is -2.16. The average molecular weight is 370 g/mol. The van der Waals surface area contributed by atoms with Crippen molar-refractivity contribution in [2.45, 2.75) is 23.2 Å². The minimum absolute atomic E-state index is 0.0834. The zero-order valence-corrected chi connectivity index (χ0v) is 15.1. The van der Waals surface area contributed by atoms with Crippen LogP contribution in [0.3, 0.4) is 0 Å². The second-order valence-corrected chi connectivity index (χ2v) is 7.43. The number of aromatic nitrogens is 1. The van der Waals surface area contributed by atoms with Crippen LogP contribution in [0.5, 0.6) is 0 Å². The van der Waals surface area contributed by atoms with Gasteiger partial charge in [0.1, 0.15) is 0 Å². The van der Waals surface area contributed by atoms with Crippen LogP contribution in [0.4, 0.5) is 0 Å². The van der Waals surface area contributed by atoms with Gasteiger partial charge in [0.2, 0.25) is 0 Å². The summed E-state index contributed by atoms with van der Waals surface area (Å²) in [7, 11) is 0. The van der Waals surface area contributed by atoms with Gasteiger partial charge in [0.15, 0.2) is 6.10 Å². The molecule has 0 N–H and O–H groups in total. The van der Waals surface area contributed by atoms with Crippen molar-refractivity contribution in [3.05, 3.63) is 83.1 Å². The molecule has 5 heteroatoms. The molecular weight excluding hydrogens is 354 g/mol. The van der Waals surface area contributed by atoms with Crippen LogP contribution in [0.1, 0.15) is 29.5 Å². The first-order valence-electron chi connectivity index (χ1n) is 8.00. The van der Waals surface area contributed by atoms with Crippen molar-refractivity contribution in [1.29, 1.82) is 0 Å². The summed E-state index contributed by atoms with van der Waals surface area (Å²) >= 11 is 8.15. The highest BCUT2D eigenvalue weighted by molar-refractivity contribution is 7.99. The molecule has 0 aliphatic carbocycles. The molecule has 0 fully saturated rings. The molecule has 0 saturated carbocycles. The van der Waals surface area contributed by atoms with Gasteiger partial charge in [-0.1, -0.05) is 48.0 Å². The third-order valence-electron chi connectivity index (χ3n) is 4.22. The van der Waals surface area contributed by atoms with Crippen molar-refractivity contribution >= 4 is 29.3 Å². The van der Waals surface area contributed by atoms with Gasteiger partial charge in [-0.3, -0.25) is 4.79 Å². The smallest absolute Gasteiger partial charge is 0.303 e. The number of benzene rings is 2. The Morgan fingerprint density at radius 1 is 1.08 bits per heavy atom. The fourth-order valence-corrected chi connectivity index (χ4v) is 4.82. The van der Waals surface area contributed by atoms with Crippen LogP contribution in [0.25, 0.3) is 5.69 Å². The standard InChI is InChI=1S/C20H16ClNO2S/c1-13(23)24-18-16-11-6-12-22(16)17-10-5-9-15(21)20(17)25-19(18)14-7-3-2-4-8-14/h2-12,18-19H,1H3/t18-,19+/m0/s1. The molecule has 1 aliphatic heterocycles. The first-order chi connectivity index (χ1) is 12.1. The molecule has 0 saturated heterocycles. The highest BCUT2D eigenvalue weighted by atomic mass is 35.5. The van der Waals surface area contributed by atoms with Gasteiger partial charge in [0.05, 0.1) is 26.5 Å². The van der Waals surface area contributed by atoms with Gasteiger partial charge in [0, 0.05) is 13.1 Å². The summed E-state index contributed by atoms with van der Waals surface area (Å²) in [5, 5.41) is 0.617. The van der Waals surface area contributed by atoms with E-state index >= 15 is 0 Å². The van der Waals surface area contributed by atoms with E-state index in [1.807, 2.05) is 54.7 Å². The molecule has 0 radical (unpaired) electrons. The summed E-state index contributed by atoms with van der Waals surface area (Å²) in [5.41, 5.74) is 3.05.